The van der Waals surface area contributed by atoms with Crippen molar-refractivity contribution in [2.45, 2.75) is 38.5 Å². The number of hydrogen-bond donors (Lipinski definition) is 2. The Kier molecular flexibility index (Phi) is 8.05. The van der Waals surface area contributed by atoms with Gasteiger partial charge in [-0.25, -0.2) is 13.1 Å². The highest BCUT2D eigenvalue weighted by atomic mass is 32.2. The Morgan fingerprint density at radius 3 is 2.52 bits per heavy atom. The Labute approximate surface area is 148 Å². The zero-order valence-corrected chi connectivity index (χ0v) is 15.5. The maximum Gasteiger partial charge on any atom is 0.310 e. The number of benzene rings is 1. The first-order chi connectivity index (χ1) is 11.7. The minimum absolute atomic E-state index is 0.0111. The van der Waals surface area contributed by atoms with E-state index in [4.69, 9.17) is 4.74 Å². The van der Waals surface area contributed by atoms with E-state index in [1.165, 1.54) is 18.2 Å². The minimum atomic E-state index is -3.86. The molecule has 0 radical (unpaired) electrons. The second-order valence-corrected chi connectivity index (χ2v) is 7.91. The zero-order valence-electron chi connectivity index (χ0n) is 14.7. The largest absolute Gasteiger partial charge is 0.481 e. The van der Waals surface area contributed by atoms with Crippen molar-refractivity contribution in [3.05, 3.63) is 29.8 Å². The summed E-state index contributed by atoms with van der Waals surface area (Å²) in [6.45, 7) is 5.52. The molecule has 0 spiro atoms. The molecule has 25 heavy (non-hydrogen) atoms. The lowest BCUT2D eigenvalue weighted by Crippen LogP contribution is -2.33. The third-order valence-corrected chi connectivity index (χ3v) is 4.91. The molecule has 140 valence electrons. The topological polar surface area (TPSA) is 110 Å². The summed E-state index contributed by atoms with van der Waals surface area (Å²) in [5.74, 6) is -2.13. The van der Waals surface area contributed by atoms with Crippen LogP contribution in [0, 0.1) is 11.8 Å². The quantitative estimate of drug-likeness (QED) is 0.607. The van der Waals surface area contributed by atoms with Crippen LogP contribution >= 0.6 is 0 Å². The van der Waals surface area contributed by atoms with Crippen molar-refractivity contribution >= 4 is 22.0 Å². The predicted octanol–water partition coefficient (Wildman–Crippen LogP) is 1.82. The molecule has 0 saturated carbocycles. The molecule has 1 rings (SSSR count). The number of esters is 1. The summed E-state index contributed by atoms with van der Waals surface area (Å²) >= 11 is 0. The molecule has 1 atom stereocenters. The molecule has 1 unspecified atom stereocenters. The molecule has 0 aliphatic heterocycles. The summed E-state index contributed by atoms with van der Waals surface area (Å²) in [6.07, 6.45) is 0.350. The van der Waals surface area contributed by atoms with Gasteiger partial charge < -0.3 is 9.84 Å². The minimum Gasteiger partial charge on any atom is -0.481 e. The van der Waals surface area contributed by atoms with Gasteiger partial charge in [0.15, 0.2) is 0 Å². The lowest BCUT2D eigenvalue weighted by atomic mass is 9.98. The SMILES string of the molecule is CCOC(=O)Cc1cccc(S(=O)(=O)NCC(CC(C)C)C(=O)O)c1. The average molecular weight is 371 g/mol. The number of carboxylic acid groups (broad SMARTS) is 1. The molecule has 7 nitrogen and oxygen atoms in total. The van der Waals surface area contributed by atoms with Crippen LogP contribution in [0.15, 0.2) is 29.2 Å². The highest BCUT2D eigenvalue weighted by molar-refractivity contribution is 7.89. The number of carboxylic acids is 1. The Morgan fingerprint density at radius 1 is 1.28 bits per heavy atom. The Hall–Kier alpha value is -1.93. The van der Waals surface area contributed by atoms with Crippen molar-refractivity contribution < 1.29 is 27.9 Å². The lowest BCUT2D eigenvalue weighted by molar-refractivity contribution is -0.143. The van der Waals surface area contributed by atoms with Gasteiger partial charge in [0.25, 0.3) is 0 Å². The summed E-state index contributed by atoms with van der Waals surface area (Å²) < 4.78 is 32.0. The number of aliphatic carboxylic acids is 1. The van der Waals surface area contributed by atoms with Crippen molar-refractivity contribution in [2.24, 2.45) is 11.8 Å². The number of nitrogens with one attached hydrogen (secondary N) is 1. The van der Waals surface area contributed by atoms with Crippen LogP contribution in [0.3, 0.4) is 0 Å². The average Bonchev–Trinajstić information content (AvgIpc) is 2.51. The van der Waals surface area contributed by atoms with E-state index in [9.17, 15) is 23.1 Å². The van der Waals surface area contributed by atoms with Gasteiger partial charge in [-0.15, -0.1) is 0 Å². The molecular formula is C17H25NO6S. The number of sulfonamides is 1. The van der Waals surface area contributed by atoms with Crippen molar-refractivity contribution in [3.63, 3.8) is 0 Å². The number of ether oxygens (including phenoxy) is 1. The van der Waals surface area contributed by atoms with E-state index in [2.05, 4.69) is 4.72 Å². The standard InChI is InChI=1S/C17H25NO6S/c1-4-24-16(19)10-13-6-5-7-15(9-13)25(22,23)18-11-14(17(20)21)8-12(2)3/h5-7,9,12,14,18H,4,8,10-11H2,1-3H3,(H,20,21). The van der Waals surface area contributed by atoms with Crippen LogP contribution in [0.2, 0.25) is 0 Å². The second-order valence-electron chi connectivity index (χ2n) is 6.15. The van der Waals surface area contributed by atoms with E-state index in [1.807, 2.05) is 13.8 Å². The van der Waals surface area contributed by atoms with Crippen molar-refractivity contribution in [1.29, 1.82) is 0 Å². The predicted molar refractivity (Wildman–Crippen MR) is 92.5 cm³/mol. The monoisotopic (exact) mass is 371 g/mol. The number of carbonyl (C=O) groups is 2. The Bertz CT molecular complexity index is 699. The molecule has 8 heteroatoms. The Morgan fingerprint density at radius 2 is 1.96 bits per heavy atom. The molecule has 0 aromatic heterocycles. The maximum absolute atomic E-state index is 12.4. The number of hydrogen-bond acceptors (Lipinski definition) is 5. The van der Waals surface area contributed by atoms with Gasteiger partial charge in [0, 0.05) is 6.54 Å². The molecule has 0 saturated heterocycles. The molecule has 0 aliphatic rings. The van der Waals surface area contributed by atoms with Crippen LogP contribution in [0.4, 0.5) is 0 Å². The molecule has 0 fully saturated rings. The number of carbonyl (C=O) groups excluding carboxylic acids is 1. The van der Waals surface area contributed by atoms with Crippen LogP contribution in [0.1, 0.15) is 32.8 Å². The first-order valence-electron chi connectivity index (χ1n) is 8.12. The van der Waals surface area contributed by atoms with Gasteiger partial charge in [-0.2, -0.15) is 0 Å². The van der Waals surface area contributed by atoms with Crippen LogP contribution in [-0.4, -0.2) is 38.6 Å². The second kappa shape index (κ2) is 9.53. The summed E-state index contributed by atoms with van der Waals surface area (Å²) in [6, 6.07) is 5.95. The fourth-order valence-electron chi connectivity index (χ4n) is 2.34. The molecule has 1 aromatic rings. The van der Waals surface area contributed by atoms with Crippen LogP contribution in [0.5, 0.6) is 0 Å². The highest BCUT2D eigenvalue weighted by Crippen LogP contribution is 2.15. The van der Waals surface area contributed by atoms with Crippen LogP contribution < -0.4 is 4.72 Å². The number of rotatable bonds is 10. The molecule has 1 aromatic carbocycles. The van der Waals surface area contributed by atoms with Crippen molar-refractivity contribution in [2.75, 3.05) is 13.2 Å². The molecule has 0 amide bonds. The van der Waals surface area contributed by atoms with Gasteiger partial charge in [-0.05, 0) is 37.0 Å². The van der Waals surface area contributed by atoms with E-state index in [-0.39, 0.29) is 30.4 Å². The van der Waals surface area contributed by atoms with E-state index in [0.717, 1.165) is 0 Å². The lowest BCUT2D eigenvalue weighted by Gasteiger charge is -2.15. The molecule has 2 N–H and O–H groups in total. The van der Waals surface area contributed by atoms with Gasteiger partial charge in [0.2, 0.25) is 10.0 Å². The molecule has 0 bridgehead atoms. The fraction of sp³-hybridized carbons (Fsp3) is 0.529. The van der Waals surface area contributed by atoms with Crippen molar-refractivity contribution in [3.8, 4) is 0 Å². The maximum atomic E-state index is 12.4. The Balaban J connectivity index is 2.84. The van der Waals surface area contributed by atoms with Gasteiger partial charge >= 0.3 is 11.9 Å². The first kappa shape index (κ1) is 21.1. The third kappa shape index (κ3) is 7.23. The summed E-state index contributed by atoms with van der Waals surface area (Å²) in [4.78, 5) is 22.7. The molecule has 0 aliphatic carbocycles. The third-order valence-electron chi connectivity index (χ3n) is 3.49. The summed E-state index contributed by atoms with van der Waals surface area (Å²) in [7, 11) is -3.86. The fourth-order valence-corrected chi connectivity index (χ4v) is 3.49. The van der Waals surface area contributed by atoms with Gasteiger partial charge in [-0.3, -0.25) is 9.59 Å². The molecule has 0 heterocycles. The van der Waals surface area contributed by atoms with Crippen molar-refractivity contribution in [1.82, 2.24) is 4.72 Å². The molecular weight excluding hydrogens is 346 g/mol. The summed E-state index contributed by atoms with van der Waals surface area (Å²) in [5, 5.41) is 9.20. The highest BCUT2D eigenvalue weighted by Gasteiger charge is 2.23. The summed E-state index contributed by atoms with van der Waals surface area (Å²) in [5.41, 5.74) is 0.512. The van der Waals surface area contributed by atoms with E-state index < -0.39 is 27.9 Å². The first-order valence-corrected chi connectivity index (χ1v) is 9.61. The zero-order chi connectivity index (χ0) is 19.0. The van der Waals surface area contributed by atoms with Crippen LogP contribution in [-0.2, 0) is 30.8 Å². The normalized spacial score (nSPS) is 12.8. The smallest absolute Gasteiger partial charge is 0.310 e. The van der Waals surface area contributed by atoms with Gasteiger partial charge in [0.1, 0.15) is 0 Å². The van der Waals surface area contributed by atoms with E-state index in [0.29, 0.717) is 12.0 Å². The van der Waals surface area contributed by atoms with Crippen LogP contribution in [0.25, 0.3) is 0 Å². The van der Waals surface area contributed by atoms with Gasteiger partial charge in [-0.1, -0.05) is 26.0 Å². The van der Waals surface area contributed by atoms with Gasteiger partial charge in [0.05, 0.1) is 23.8 Å². The van der Waals surface area contributed by atoms with E-state index >= 15 is 0 Å². The van der Waals surface area contributed by atoms with E-state index in [1.54, 1.807) is 13.0 Å².